The summed E-state index contributed by atoms with van der Waals surface area (Å²) >= 11 is 6.13. The molecule has 47 heavy (non-hydrogen) atoms. The first-order valence-electron chi connectivity index (χ1n) is 14.2. The van der Waals surface area contributed by atoms with Gasteiger partial charge in [0.05, 0.1) is 61.7 Å². The number of sulfonamides is 1. The third-order valence-electron chi connectivity index (χ3n) is 5.57. The van der Waals surface area contributed by atoms with E-state index in [1.54, 1.807) is 0 Å². The monoisotopic (exact) mass is 704 g/mol. The van der Waals surface area contributed by atoms with E-state index < -0.39 is 34.5 Å². The van der Waals surface area contributed by atoms with E-state index in [1.165, 1.54) is 36.5 Å². The van der Waals surface area contributed by atoms with Gasteiger partial charge in [-0.2, -0.15) is 0 Å². The zero-order chi connectivity index (χ0) is 34.5. The van der Waals surface area contributed by atoms with Gasteiger partial charge in [-0.15, -0.1) is 0 Å². The van der Waals surface area contributed by atoms with E-state index in [1.807, 2.05) is 0 Å². The van der Waals surface area contributed by atoms with Gasteiger partial charge >= 0.3 is 11.9 Å². The molecule has 2 amide bonds. The molecule has 1 aromatic carbocycles. The molecule has 0 aliphatic rings. The van der Waals surface area contributed by atoms with Crippen molar-refractivity contribution in [3.05, 3.63) is 47.1 Å². The van der Waals surface area contributed by atoms with Crippen LogP contribution >= 0.6 is 11.6 Å². The highest BCUT2D eigenvalue weighted by Crippen LogP contribution is 2.28. The number of hydrogen-bond donors (Lipinski definition) is 5. The van der Waals surface area contributed by atoms with Crippen LogP contribution in [0.1, 0.15) is 23.2 Å². The lowest BCUT2D eigenvalue weighted by molar-refractivity contribution is -0.143. The van der Waals surface area contributed by atoms with Crippen LogP contribution in [0, 0.1) is 0 Å². The topological polar surface area (TPSA) is 238 Å². The molecule has 2 aromatic rings. The number of nitrogens with zero attached hydrogens (tertiary/aromatic N) is 1. The van der Waals surface area contributed by atoms with Crippen LogP contribution < -0.4 is 20.1 Å². The van der Waals surface area contributed by atoms with Crippen molar-refractivity contribution in [3.63, 3.8) is 0 Å². The number of aliphatic carboxylic acids is 2. The van der Waals surface area contributed by atoms with Crippen molar-refractivity contribution in [3.8, 4) is 5.75 Å². The highest BCUT2D eigenvalue weighted by Gasteiger charge is 2.18. The van der Waals surface area contributed by atoms with E-state index >= 15 is 0 Å². The number of pyridine rings is 1. The molecule has 1 aromatic heterocycles. The number of hydrogen-bond acceptors (Lipinski definition) is 12. The van der Waals surface area contributed by atoms with E-state index in [4.69, 9.17) is 45.5 Å². The van der Waals surface area contributed by atoms with Crippen molar-refractivity contribution < 1.29 is 61.5 Å². The van der Waals surface area contributed by atoms with Crippen molar-refractivity contribution in [1.29, 1.82) is 0 Å². The molecule has 5 N–H and O–H groups in total. The average Bonchev–Trinajstić information content (AvgIpc) is 3.02. The van der Waals surface area contributed by atoms with Crippen molar-refractivity contribution in [1.82, 2.24) is 15.6 Å². The minimum absolute atomic E-state index is 0.0296. The fourth-order valence-electron chi connectivity index (χ4n) is 3.37. The lowest BCUT2D eigenvalue weighted by Gasteiger charge is -2.11. The molecule has 0 bridgehead atoms. The largest absolute Gasteiger partial charge is 0.492 e. The average molecular weight is 705 g/mol. The van der Waals surface area contributed by atoms with Crippen molar-refractivity contribution in [2.75, 3.05) is 77.3 Å². The Balaban J connectivity index is 1.59. The van der Waals surface area contributed by atoms with Crippen molar-refractivity contribution in [2.45, 2.75) is 17.7 Å². The predicted molar refractivity (Wildman–Crippen MR) is 165 cm³/mol. The molecule has 0 radical (unpaired) electrons. The number of anilines is 1. The maximum absolute atomic E-state index is 12.8. The van der Waals surface area contributed by atoms with Crippen LogP contribution in [0.25, 0.3) is 0 Å². The summed E-state index contributed by atoms with van der Waals surface area (Å²) < 4.78 is 53.8. The van der Waals surface area contributed by atoms with Crippen LogP contribution in [0.5, 0.6) is 5.75 Å². The SMILES string of the molecule is O=C(O)CCCOc1ccc(S(=O)(=O)Nc2ccc(C(=O)NCCOCCOCC(=O)NCCOCCOCC(=O)O)cn2)cc1Cl. The second-order valence-corrected chi connectivity index (χ2v) is 11.4. The third-order valence-corrected chi connectivity index (χ3v) is 7.22. The maximum atomic E-state index is 12.8. The number of rotatable bonds is 25. The zero-order valence-corrected chi connectivity index (χ0v) is 26.8. The molecular formula is C28H37ClN4O13S. The number of aromatic nitrogens is 1. The summed E-state index contributed by atoms with van der Waals surface area (Å²) in [6.45, 7) is 1.05. The molecule has 0 saturated carbocycles. The van der Waals surface area contributed by atoms with Crippen LogP contribution in [0.15, 0.2) is 41.4 Å². The van der Waals surface area contributed by atoms with Crippen LogP contribution in [-0.4, -0.2) is 120 Å². The molecule has 0 spiro atoms. The van der Waals surface area contributed by atoms with Crippen LogP contribution in [0.4, 0.5) is 5.82 Å². The van der Waals surface area contributed by atoms with Crippen molar-refractivity contribution >= 4 is 51.2 Å². The number of halogens is 1. The molecule has 260 valence electrons. The second-order valence-electron chi connectivity index (χ2n) is 9.31. The Morgan fingerprint density at radius 2 is 1.45 bits per heavy atom. The van der Waals surface area contributed by atoms with E-state index in [0.29, 0.717) is 0 Å². The summed E-state index contributed by atoms with van der Waals surface area (Å²) in [5, 5.41) is 22.4. The predicted octanol–water partition coefficient (Wildman–Crippen LogP) is 0.776. The molecule has 0 fully saturated rings. The van der Waals surface area contributed by atoms with Crippen LogP contribution in [0.3, 0.4) is 0 Å². The van der Waals surface area contributed by atoms with Gasteiger partial charge in [-0.3, -0.25) is 19.1 Å². The zero-order valence-electron chi connectivity index (χ0n) is 25.3. The van der Waals surface area contributed by atoms with Gasteiger partial charge in [0.1, 0.15) is 24.8 Å². The van der Waals surface area contributed by atoms with E-state index in [-0.39, 0.29) is 112 Å². The first-order valence-corrected chi connectivity index (χ1v) is 16.0. The molecule has 0 aliphatic carbocycles. The molecule has 1 heterocycles. The summed E-state index contributed by atoms with van der Waals surface area (Å²) in [4.78, 5) is 48.8. The smallest absolute Gasteiger partial charge is 0.329 e. The summed E-state index contributed by atoms with van der Waals surface area (Å²) in [6.07, 6.45) is 1.39. The number of carbonyl (C=O) groups excluding carboxylic acids is 2. The standard InChI is InChI=1S/C28H37ClN4O13S/c29-22-16-21(4-5-23(22)46-9-1-2-26(35)36)47(40,41)33-24-6-3-20(17-32-24)28(39)31-8-11-43-12-14-44-18-25(34)30-7-10-42-13-15-45-19-27(37)38/h3-6,16-17H,1-2,7-15,18-19H2,(H,30,34)(H,31,39)(H,32,33)(H,35,36)(H,37,38). The van der Waals surface area contributed by atoms with Gasteiger partial charge < -0.3 is 44.5 Å². The van der Waals surface area contributed by atoms with Gasteiger partial charge in [0, 0.05) is 25.7 Å². The lowest BCUT2D eigenvalue weighted by Crippen LogP contribution is -2.31. The highest BCUT2D eigenvalue weighted by atomic mass is 35.5. The van der Waals surface area contributed by atoms with Crippen LogP contribution in [0.2, 0.25) is 5.02 Å². The first-order chi connectivity index (χ1) is 22.5. The molecule has 2 rings (SSSR count). The summed E-state index contributed by atoms with van der Waals surface area (Å²) in [5.74, 6) is -2.63. The number of carboxylic acids is 2. The van der Waals surface area contributed by atoms with E-state index in [9.17, 15) is 27.6 Å². The third kappa shape index (κ3) is 16.9. The Morgan fingerprint density at radius 3 is 2.06 bits per heavy atom. The summed E-state index contributed by atoms with van der Waals surface area (Å²) in [7, 11) is -4.07. The molecular weight excluding hydrogens is 668 g/mol. The number of carbonyl (C=O) groups is 4. The van der Waals surface area contributed by atoms with E-state index in [0.717, 1.165) is 0 Å². The van der Waals surface area contributed by atoms with E-state index in [2.05, 4.69) is 20.3 Å². The van der Waals surface area contributed by atoms with Gasteiger partial charge in [0.25, 0.3) is 15.9 Å². The Hall–Kier alpha value is -4.07. The summed E-state index contributed by atoms with van der Waals surface area (Å²) in [6, 6.07) is 6.55. The Bertz CT molecular complexity index is 1410. The fourth-order valence-corrected chi connectivity index (χ4v) is 4.71. The number of nitrogens with one attached hydrogen (secondary N) is 3. The number of benzene rings is 1. The normalized spacial score (nSPS) is 11.1. The molecule has 19 heteroatoms. The number of carboxylic acid groups (broad SMARTS) is 2. The summed E-state index contributed by atoms with van der Waals surface area (Å²) in [5.41, 5.74) is 0.187. The first kappa shape index (κ1) is 39.1. The van der Waals surface area contributed by atoms with Gasteiger partial charge in [0.2, 0.25) is 5.91 Å². The minimum atomic E-state index is -4.07. The highest BCUT2D eigenvalue weighted by molar-refractivity contribution is 7.92. The van der Waals surface area contributed by atoms with Crippen LogP contribution in [-0.2, 0) is 43.4 Å². The molecule has 0 atom stereocenters. The molecule has 0 aliphatic heterocycles. The Kier molecular flexibility index (Phi) is 18.0. The minimum Gasteiger partial charge on any atom is -0.492 e. The Morgan fingerprint density at radius 1 is 0.787 bits per heavy atom. The molecule has 17 nitrogen and oxygen atoms in total. The maximum Gasteiger partial charge on any atom is 0.329 e. The fraction of sp³-hybridized carbons (Fsp3) is 0.464. The molecule has 0 unspecified atom stereocenters. The lowest BCUT2D eigenvalue weighted by atomic mass is 10.2. The van der Waals surface area contributed by atoms with Gasteiger partial charge in [0.15, 0.2) is 0 Å². The van der Waals surface area contributed by atoms with Gasteiger partial charge in [-0.25, -0.2) is 18.2 Å². The Labute approximate surface area is 275 Å². The quantitative estimate of drug-likeness (QED) is 0.0898. The second kappa shape index (κ2) is 21.7. The molecule has 0 saturated heterocycles. The van der Waals surface area contributed by atoms with Crippen molar-refractivity contribution in [2.24, 2.45) is 0 Å². The van der Waals surface area contributed by atoms with Gasteiger partial charge in [-0.1, -0.05) is 11.6 Å². The number of amides is 2. The van der Waals surface area contributed by atoms with Gasteiger partial charge in [-0.05, 0) is 36.8 Å². The number of ether oxygens (including phenoxy) is 5.